The fourth-order valence-corrected chi connectivity index (χ4v) is 2.04. The largest absolute Gasteiger partial charge is 0.496 e. The van der Waals surface area contributed by atoms with E-state index in [-0.39, 0.29) is 6.61 Å². The van der Waals surface area contributed by atoms with Crippen molar-refractivity contribution in [3.8, 4) is 5.75 Å². The van der Waals surface area contributed by atoms with Gasteiger partial charge < -0.3 is 9.47 Å². The lowest BCUT2D eigenvalue weighted by Crippen LogP contribution is -2.18. The number of benzene rings is 1. The van der Waals surface area contributed by atoms with E-state index in [1.807, 2.05) is 0 Å². The van der Waals surface area contributed by atoms with Crippen molar-refractivity contribution < 1.29 is 22.6 Å². The zero-order valence-electron chi connectivity index (χ0n) is 9.43. The summed E-state index contributed by atoms with van der Waals surface area (Å²) in [6.45, 7) is -1.41. The maximum Gasteiger partial charge on any atom is 0.411 e. The molecule has 1 aromatic rings. The van der Waals surface area contributed by atoms with Crippen LogP contribution in [0.5, 0.6) is 5.75 Å². The molecule has 0 aliphatic rings. The van der Waals surface area contributed by atoms with Gasteiger partial charge in [-0.15, -0.1) is 0 Å². The molecule has 0 heterocycles. The molecule has 0 amide bonds. The van der Waals surface area contributed by atoms with Gasteiger partial charge in [0.2, 0.25) is 0 Å². The van der Waals surface area contributed by atoms with Gasteiger partial charge >= 0.3 is 6.18 Å². The Balaban J connectivity index is 2.66. The van der Waals surface area contributed by atoms with Crippen LogP contribution >= 0.6 is 27.5 Å². The summed E-state index contributed by atoms with van der Waals surface area (Å²) in [6, 6.07) is 4.91. The molecule has 2 nitrogen and oxygen atoms in total. The second kappa shape index (κ2) is 6.63. The lowest BCUT2D eigenvalue weighted by Gasteiger charge is -2.15. The summed E-state index contributed by atoms with van der Waals surface area (Å²) < 4.78 is 45.5. The molecule has 18 heavy (non-hydrogen) atoms. The summed E-state index contributed by atoms with van der Waals surface area (Å²) in [4.78, 5) is -0.423. The highest BCUT2D eigenvalue weighted by Crippen LogP contribution is 2.33. The van der Waals surface area contributed by atoms with Crippen molar-refractivity contribution in [1.82, 2.24) is 0 Å². The molecule has 0 saturated heterocycles. The van der Waals surface area contributed by atoms with Crippen LogP contribution in [0.4, 0.5) is 13.2 Å². The van der Waals surface area contributed by atoms with Crippen LogP contribution < -0.4 is 4.74 Å². The average molecular weight is 348 g/mol. The maximum absolute atomic E-state index is 11.9. The minimum atomic E-state index is -4.33. The zero-order chi connectivity index (χ0) is 13.8. The van der Waals surface area contributed by atoms with Crippen LogP contribution in [0.1, 0.15) is 10.4 Å². The Morgan fingerprint density at radius 2 is 2.06 bits per heavy atom. The Morgan fingerprint density at radius 1 is 1.39 bits per heavy atom. The van der Waals surface area contributed by atoms with Gasteiger partial charge in [-0.05, 0) is 18.2 Å². The number of ether oxygens (including phenoxy) is 2. The van der Waals surface area contributed by atoms with Crippen molar-refractivity contribution >= 4 is 27.5 Å². The monoisotopic (exact) mass is 346 g/mol. The summed E-state index contributed by atoms with van der Waals surface area (Å²) in [7, 11) is 1.48. The predicted octanol–water partition coefficient (Wildman–Crippen LogP) is 4.36. The summed E-state index contributed by atoms with van der Waals surface area (Å²) in [6.07, 6.45) is -4.33. The Labute approximate surface area is 116 Å². The molecule has 0 radical (unpaired) electrons. The molecule has 1 unspecified atom stereocenters. The molecular formula is C11H11BrClF3O2. The van der Waals surface area contributed by atoms with Gasteiger partial charge in [0.05, 0.1) is 18.5 Å². The third-order valence-corrected chi connectivity index (χ3v) is 3.05. The smallest absolute Gasteiger partial charge is 0.411 e. The van der Waals surface area contributed by atoms with Gasteiger partial charge in [-0.25, -0.2) is 0 Å². The van der Waals surface area contributed by atoms with E-state index in [0.29, 0.717) is 16.3 Å². The summed E-state index contributed by atoms with van der Waals surface area (Å²) in [5.41, 5.74) is 0.646. The number of rotatable bonds is 5. The van der Waals surface area contributed by atoms with Gasteiger partial charge in [-0.2, -0.15) is 13.2 Å². The average Bonchev–Trinajstić information content (AvgIpc) is 2.27. The van der Waals surface area contributed by atoms with E-state index >= 15 is 0 Å². The molecule has 102 valence electrons. The highest BCUT2D eigenvalue weighted by Gasteiger charge is 2.28. The van der Waals surface area contributed by atoms with E-state index < -0.39 is 17.6 Å². The molecule has 0 saturated carbocycles. The van der Waals surface area contributed by atoms with Gasteiger partial charge in [0.1, 0.15) is 12.4 Å². The van der Waals surface area contributed by atoms with Crippen LogP contribution in [0.2, 0.25) is 5.02 Å². The van der Waals surface area contributed by atoms with Crippen molar-refractivity contribution in [1.29, 1.82) is 0 Å². The molecule has 0 aliphatic carbocycles. The Kier molecular flexibility index (Phi) is 5.75. The third kappa shape index (κ3) is 5.04. The minimum Gasteiger partial charge on any atom is -0.496 e. The summed E-state index contributed by atoms with van der Waals surface area (Å²) >= 11 is 9.08. The topological polar surface area (TPSA) is 18.5 Å². The Bertz CT molecular complexity index is 398. The van der Waals surface area contributed by atoms with Crippen LogP contribution in [0.3, 0.4) is 0 Å². The van der Waals surface area contributed by atoms with Gasteiger partial charge in [-0.1, -0.05) is 27.5 Å². The van der Waals surface area contributed by atoms with Crippen LogP contribution in [0.15, 0.2) is 18.2 Å². The molecule has 0 aliphatic heterocycles. The van der Waals surface area contributed by atoms with E-state index in [2.05, 4.69) is 20.7 Å². The highest BCUT2D eigenvalue weighted by atomic mass is 79.9. The normalized spacial score (nSPS) is 13.4. The lowest BCUT2D eigenvalue weighted by molar-refractivity contribution is -0.173. The number of hydrogen-bond acceptors (Lipinski definition) is 2. The first-order valence-corrected chi connectivity index (χ1v) is 6.25. The van der Waals surface area contributed by atoms with Crippen molar-refractivity contribution in [2.45, 2.75) is 11.0 Å². The second-order valence-corrected chi connectivity index (χ2v) is 5.03. The quantitative estimate of drug-likeness (QED) is 0.737. The summed E-state index contributed by atoms with van der Waals surface area (Å²) in [5, 5.41) is 0.478. The molecule has 0 aromatic heterocycles. The predicted molar refractivity (Wildman–Crippen MR) is 66.5 cm³/mol. The van der Waals surface area contributed by atoms with E-state index in [4.69, 9.17) is 16.3 Å². The standard InChI is InChI=1S/C11H11BrClF3O2/c1-17-10-3-2-7(13)4-8(10)9(12)5-18-6-11(14,15)16/h2-4,9H,5-6H2,1H3. The van der Waals surface area contributed by atoms with E-state index in [0.717, 1.165) is 0 Å². The van der Waals surface area contributed by atoms with Crippen LogP contribution in [-0.2, 0) is 4.74 Å². The first-order chi connectivity index (χ1) is 8.33. The lowest BCUT2D eigenvalue weighted by atomic mass is 10.1. The fraction of sp³-hybridized carbons (Fsp3) is 0.455. The van der Waals surface area contributed by atoms with Crippen LogP contribution in [0, 0.1) is 0 Å². The molecule has 0 bridgehead atoms. The molecule has 1 rings (SSSR count). The summed E-state index contributed by atoms with van der Waals surface area (Å²) in [5.74, 6) is 0.539. The van der Waals surface area contributed by atoms with E-state index in [1.54, 1.807) is 18.2 Å². The van der Waals surface area contributed by atoms with E-state index in [1.165, 1.54) is 7.11 Å². The molecule has 1 aromatic carbocycles. The Morgan fingerprint density at radius 3 is 2.61 bits per heavy atom. The number of halogens is 5. The number of alkyl halides is 4. The fourth-order valence-electron chi connectivity index (χ4n) is 1.32. The number of hydrogen-bond donors (Lipinski definition) is 0. The molecule has 7 heteroatoms. The van der Waals surface area contributed by atoms with Crippen molar-refractivity contribution in [2.75, 3.05) is 20.3 Å². The van der Waals surface area contributed by atoms with Crippen molar-refractivity contribution in [3.63, 3.8) is 0 Å². The Hall–Kier alpha value is -0.460. The van der Waals surface area contributed by atoms with Gasteiger partial charge in [0, 0.05) is 10.6 Å². The van der Waals surface area contributed by atoms with Crippen molar-refractivity contribution in [3.05, 3.63) is 28.8 Å². The molecule has 0 N–H and O–H groups in total. The van der Waals surface area contributed by atoms with Gasteiger partial charge in [0.25, 0.3) is 0 Å². The first kappa shape index (κ1) is 15.6. The maximum atomic E-state index is 11.9. The highest BCUT2D eigenvalue weighted by molar-refractivity contribution is 9.09. The van der Waals surface area contributed by atoms with Crippen LogP contribution in [0.25, 0.3) is 0 Å². The molecule has 0 fully saturated rings. The second-order valence-electron chi connectivity index (χ2n) is 3.48. The molecule has 1 atom stereocenters. The first-order valence-electron chi connectivity index (χ1n) is 4.95. The third-order valence-electron chi connectivity index (χ3n) is 2.06. The molecule has 0 spiro atoms. The molecular weight excluding hydrogens is 336 g/mol. The van der Waals surface area contributed by atoms with E-state index in [9.17, 15) is 13.2 Å². The van der Waals surface area contributed by atoms with Crippen molar-refractivity contribution in [2.24, 2.45) is 0 Å². The number of methoxy groups -OCH3 is 1. The zero-order valence-corrected chi connectivity index (χ0v) is 11.8. The SMILES string of the molecule is COc1ccc(Cl)cc1C(Br)COCC(F)(F)F. The van der Waals surface area contributed by atoms with Gasteiger partial charge in [0.15, 0.2) is 0 Å². The van der Waals surface area contributed by atoms with Crippen LogP contribution in [-0.4, -0.2) is 26.5 Å². The minimum absolute atomic E-state index is 0.129. The van der Waals surface area contributed by atoms with Gasteiger partial charge in [-0.3, -0.25) is 0 Å².